The number of nitrogens with zero attached hydrogens (tertiary/aromatic N) is 1. The Kier molecular flexibility index (Phi) is 4.66. The number of benzene rings is 1. The van der Waals surface area contributed by atoms with E-state index in [0.29, 0.717) is 13.0 Å². The molecule has 0 spiro atoms. The molecule has 1 aromatic carbocycles. The molecule has 0 saturated carbocycles. The van der Waals surface area contributed by atoms with Crippen molar-refractivity contribution in [2.75, 3.05) is 13.7 Å². The summed E-state index contributed by atoms with van der Waals surface area (Å²) in [5.41, 5.74) is 2.02. The van der Waals surface area contributed by atoms with Gasteiger partial charge in [0.05, 0.1) is 5.70 Å². The summed E-state index contributed by atoms with van der Waals surface area (Å²) in [6, 6.07) is 10.0. The summed E-state index contributed by atoms with van der Waals surface area (Å²) in [4.78, 5) is 4.45. The summed E-state index contributed by atoms with van der Waals surface area (Å²) in [6.45, 7) is 2.58. The maximum atomic E-state index is 5.63. The van der Waals surface area contributed by atoms with E-state index in [9.17, 15) is 0 Å². The van der Waals surface area contributed by atoms with Gasteiger partial charge in [-0.2, -0.15) is 0 Å². The van der Waals surface area contributed by atoms with E-state index >= 15 is 0 Å². The lowest BCUT2D eigenvalue weighted by molar-refractivity contribution is -0.183. The molecule has 1 aromatic rings. The maximum Gasteiger partial charge on any atom is 0.191 e. The van der Waals surface area contributed by atoms with Crippen molar-refractivity contribution in [3.8, 4) is 0 Å². The molecule has 0 heterocycles. The van der Waals surface area contributed by atoms with Crippen LogP contribution in [0.2, 0.25) is 0 Å². The molecule has 100 valence electrons. The van der Waals surface area contributed by atoms with Crippen LogP contribution in [0.4, 0.5) is 0 Å². The van der Waals surface area contributed by atoms with Crippen LogP contribution in [0, 0.1) is 0 Å². The van der Waals surface area contributed by atoms with Crippen LogP contribution in [0.3, 0.4) is 0 Å². The fourth-order valence-corrected chi connectivity index (χ4v) is 1.94. The van der Waals surface area contributed by atoms with Crippen molar-refractivity contribution >= 4 is 6.21 Å². The standard InChI is InChI=1S/C16H19NO2/c1-3-19-16(18-2)11-9-15(10-12-16)17-13-14-7-5-4-6-8-14/h4-11,13H,3,12H2,1-2H3. The van der Waals surface area contributed by atoms with Gasteiger partial charge in [-0.25, -0.2) is 0 Å². The minimum atomic E-state index is -0.624. The molecule has 3 heteroatoms. The Labute approximate surface area is 114 Å². The zero-order chi connectivity index (χ0) is 13.6. The van der Waals surface area contributed by atoms with Crippen molar-refractivity contribution in [3.63, 3.8) is 0 Å². The lowest BCUT2D eigenvalue weighted by atomic mass is 10.1. The van der Waals surface area contributed by atoms with Gasteiger partial charge in [-0.05, 0) is 24.6 Å². The Balaban J connectivity index is 2.02. The van der Waals surface area contributed by atoms with Crippen LogP contribution in [0.25, 0.3) is 0 Å². The minimum absolute atomic E-state index is 0.620. The van der Waals surface area contributed by atoms with Crippen LogP contribution in [-0.4, -0.2) is 25.7 Å². The summed E-state index contributed by atoms with van der Waals surface area (Å²) in [7, 11) is 1.66. The van der Waals surface area contributed by atoms with Crippen LogP contribution >= 0.6 is 0 Å². The molecular formula is C16H19NO2. The molecule has 0 bridgehead atoms. The number of hydrogen-bond acceptors (Lipinski definition) is 3. The van der Waals surface area contributed by atoms with Crippen LogP contribution < -0.4 is 0 Å². The molecule has 0 radical (unpaired) electrons. The Morgan fingerprint density at radius 2 is 2.11 bits per heavy atom. The molecule has 0 aromatic heterocycles. The molecule has 1 aliphatic carbocycles. The first-order valence-corrected chi connectivity index (χ1v) is 6.45. The highest BCUT2D eigenvalue weighted by atomic mass is 16.7. The number of ether oxygens (including phenoxy) is 2. The van der Waals surface area contributed by atoms with Gasteiger partial charge in [0.1, 0.15) is 0 Å². The highest BCUT2D eigenvalue weighted by molar-refractivity contribution is 5.80. The van der Waals surface area contributed by atoms with Gasteiger partial charge in [0.15, 0.2) is 5.79 Å². The zero-order valence-electron chi connectivity index (χ0n) is 11.4. The lowest BCUT2D eigenvalue weighted by Crippen LogP contribution is -2.33. The van der Waals surface area contributed by atoms with Crippen molar-refractivity contribution in [1.82, 2.24) is 0 Å². The average molecular weight is 257 g/mol. The van der Waals surface area contributed by atoms with Crippen molar-refractivity contribution in [2.24, 2.45) is 4.99 Å². The molecule has 0 saturated heterocycles. The molecule has 1 unspecified atom stereocenters. The largest absolute Gasteiger partial charge is 0.349 e. The molecule has 1 aliphatic rings. The van der Waals surface area contributed by atoms with Crippen molar-refractivity contribution in [2.45, 2.75) is 19.1 Å². The summed E-state index contributed by atoms with van der Waals surface area (Å²) in [5, 5.41) is 0. The third-order valence-corrected chi connectivity index (χ3v) is 3.00. The Hall–Kier alpha value is -1.71. The molecule has 3 nitrogen and oxygen atoms in total. The van der Waals surface area contributed by atoms with Gasteiger partial charge in [0.25, 0.3) is 0 Å². The topological polar surface area (TPSA) is 30.8 Å². The molecule has 1 atom stereocenters. The fourth-order valence-electron chi connectivity index (χ4n) is 1.94. The number of methoxy groups -OCH3 is 1. The molecule has 0 N–H and O–H groups in total. The zero-order valence-corrected chi connectivity index (χ0v) is 11.4. The highest BCUT2D eigenvalue weighted by Crippen LogP contribution is 2.26. The van der Waals surface area contributed by atoms with Gasteiger partial charge in [0, 0.05) is 26.4 Å². The van der Waals surface area contributed by atoms with Crippen LogP contribution in [-0.2, 0) is 9.47 Å². The smallest absolute Gasteiger partial charge is 0.191 e. The second kappa shape index (κ2) is 6.45. The Morgan fingerprint density at radius 3 is 2.68 bits per heavy atom. The molecule has 0 aliphatic heterocycles. The molecule has 0 fully saturated rings. The van der Waals surface area contributed by atoms with Gasteiger partial charge in [0.2, 0.25) is 0 Å². The van der Waals surface area contributed by atoms with Crippen LogP contribution in [0.5, 0.6) is 0 Å². The molecule has 0 amide bonds. The first-order chi connectivity index (χ1) is 9.28. The Bertz CT molecular complexity index is 491. The van der Waals surface area contributed by atoms with Gasteiger partial charge < -0.3 is 9.47 Å². The second-order valence-electron chi connectivity index (χ2n) is 4.28. The summed E-state index contributed by atoms with van der Waals surface area (Å²) in [5.74, 6) is -0.624. The number of allylic oxidation sites excluding steroid dienone is 1. The van der Waals surface area contributed by atoms with E-state index in [1.807, 2.05) is 61.7 Å². The van der Waals surface area contributed by atoms with E-state index in [-0.39, 0.29) is 0 Å². The van der Waals surface area contributed by atoms with Crippen LogP contribution in [0.1, 0.15) is 18.9 Å². The quantitative estimate of drug-likeness (QED) is 0.598. The summed E-state index contributed by atoms with van der Waals surface area (Å²) in [6.07, 6.45) is 8.42. The summed E-state index contributed by atoms with van der Waals surface area (Å²) < 4.78 is 11.1. The monoisotopic (exact) mass is 257 g/mol. The van der Waals surface area contributed by atoms with Crippen molar-refractivity contribution in [1.29, 1.82) is 0 Å². The van der Waals surface area contributed by atoms with E-state index < -0.39 is 5.79 Å². The van der Waals surface area contributed by atoms with Gasteiger partial charge >= 0.3 is 0 Å². The molecule has 2 rings (SSSR count). The predicted molar refractivity (Wildman–Crippen MR) is 77.2 cm³/mol. The van der Waals surface area contributed by atoms with Gasteiger partial charge in [-0.15, -0.1) is 0 Å². The van der Waals surface area contributed by atoms with E-state index in [0.717, 1.165) is 11.3 Å². The number of aliphatic imine (C=N–C) groups is 1. The first kappa shape index (κ1) is 13.7. The van der Waals surface area contributed by atoms with E-state index in [1.54, 1.807) is 7.11 Å². The lowest BCUT2D eigenvalue weighted by Gasteiger charge is -2.29. The Morgan fingerprint density at radius 1 is 1.32 bits per heavy atom. The van der Waals surface area contributed by atoms with E-state index in [2.05, 4.69) is 4.99 Å². The van der Waals surface area contributed by atoms with E-state index in [1.165, 1.54) is 0 Å². The highest BCUT2D eigenvalue weighted by Gasteiger charge is 2.28. The molecular weight excluding hydrogens is 238 g/mol. The van der Waals surface area contributed by atoms with Crippen LogP contribution in [0.15, 0.2) is 59.2 Å². The average Bonchev–Trinajstić information content (AvgIpc) is 2.48. The van der Waals surface area contributed by atoms with Crippen molar-refractivity contribution < 1.29 is 9.47 Å². The second-order valence-corrected chi connectivity index (χ2v) is 4.28. The minimum Gasteiger partial charge on any atom is -0.349 e. The van der Waals surface area contributed by atoms with E-state index in [4.69, 9.17) is 9.47 Å². The third-order valence-electron chi connectivity index (χ3n) is 3.00. The number of hydrogen-bond donors (Lipinski definition) is 0. The predicted octanol–water partition coefficient (Wildman–Crippen LogP) is 3.33. The van der Waals surface area contributed by atoms with Gasteiger partial charge in [-0.1, -0.05) is 36.4 Å². The molecule has 19 heavy (non-hydrogen) atoms. The number of rotatable bonds is 5. The van der Waals surface area contributed by atoms with Gasteiger partial charge in [-0.3, -0.25) is 4.99 Å². The summed E-state index contributed by atoms with van der Waals surface area (Å²) >= 11 is 0. The fraction of sp³-hybridized carbons (Fsp3) is 0.312. The normalized spacial score (nSPS) is 22.7. The third kappa shape index (κ3) is 3.63. The maximum absolute atomic E-state index is 5.63. The first-order valence-electron chi connectivity index (χ1n) is 6.45. The van der Waals surface area contributed by atoms with Crippen molar-refractivity contribution in [3.05, 3.63) is 59.8 Å². The SMILES string of the molecule is CCOC1(OC)C=CC(N=Cc2ccccc2)=CC1.